The summed E-state index contributed by atoms with van der Waals surface area (Å²) in [6.45, 7) is 5.06. The first-order valence-corrected chi connectivity index (χ1v) is 7.67. The number of amides is 1. The molecule has 2 rings (SSSR count). The quantitative estimate of drug-likeness (QED) is 0.897. The van der Waals surface area contributed by atoms with E-state index in [0.29, 0.717) is 12.8 Å². The second kappa shape index (κ2) is 6.35. The van der Waals surface area contributed by atoms with Crippen LogP contribution in [0, 0.1) is 5.82 Å². The van der Waals surface area contributed by atoms with Gasteiger partial charge in [-0.25, -0.2) is 14.0 Å². The smallest absolute Gasteiger partial charge is 0.411 e. The highest BCUT2D eigenvalue weighted by atomic mass is 35.5. The molecule has 0 aliphatic heterocycles. The molecular weight excluding hydrogens is 325 g/mol. The summed E-state index contributed by atoms with van der Waals surface area (Å²) in [5.41, 5.74) is -0.928. The van der Waals surface area contributed by atoms with Crippen molar-refractivity contribution in [1.82, 2.24) is 4.90 Å². The molecular formula is C16H19ClFNO4. The Morgan fingerprint density at radius 2 is 2.00 bits per heavy atom. The van der Waals surface area contributed by atoms with Crippen molar-refractivity contribution < 1.29 is 23.8 Å². The minimum absolute atomic E-state index is 0.150. The fourth-order valence-corrected chi connectivity index (χ4v) is 2.44. The highest BCUT2D eigenvalue weighted by Gasteiger charge is 2.44. The van der Waals surface area contributed by atoms with Crippen molar-refractivity contribution in [2.45, 2.75) is 51.3 Å². The molecule has 1 N–H and O–H groups in total. The van der Waals surface area contributed by atoms with Gasteiger partial charge in [-0.05, 0) is 51.8 Å². The third-order valence-corrected chi connectivity index (χ3v) is 3.54. The number of rotatable bonds is 4. The van der Waals surface area contributed by atoms with E-state index in [4.69, 9.17) is 16.3 Å². The Hall–Kier alpha value is -1.82. The topological polar surface area (TPSA) is 66.8 Å². The standard InChI is InChI=1S/C16H19ClFNO4/c1-16(2,3)23-15(22)19(10-5-6-10)13(14(20)21)11-8-9(17)4-7-12(11)18/h4,7-8,10,13H,5-6H2,1-3H3,(H,20,21). The Balaban J connectivity index is 2.42. The van der Waals surface area contributed by atoms with E-state index < -0.39 is 29.5 Å². The molecule has 1 unspecified atom stereocenters. The van der Waals surface area contributed by atoms with Crippen LogP contribution in [-0.2, 0) is 9.53 Å². The summed E-state index contributed by atoms with van der Waals surface area (Å²) in [5, 5.41) is 9.78. The van der Waals surface area contributed by atoms with Crippen LogP contribution >= 0.6 is 11.6 Å². The van der Waals surface area contributed by atoms with Crippen molar-refractivity contribution in [3.63, 3.8) is 0 Å². The Morgan fingerprint density at radius 1 is 1.39 bits per heavy atom. The number of hydrogen-bond donors (Lipinski definition) is 1. The first kappa shape index (κ1) is 17.5. The van der Waals surface area contributed by atoms with E-state index in [0.717, 1.165) is 11.0 Å². The van der Waals surface area contributed by atoms with Gasteiger partial charge in [-0.3, -0.25) is 4.90 Å². The van der Waals surface area contributed by atoms with E-state index in [1.165, 1.54) is 12.1 Å². The molecule has 23 heavy (non-hydrogen) atoms. The SMILES string of the molecule is CC(C)(C)OC(=O)N(C1CC1)C(C(=O)O)c1cc(Cl)ccc1F. The Kier molecular flexibility index (Phi) is 4.84. The maximum atomic E-state index is 14.1. The number of aliphatic carboxylic acids is 1. The molecule has 1 aromatic rings. The van der Waals surface area contributed by atoms with Crippen LogP contribution in [0.4, 0.5) is 9.18 Å². The Morgan fingerprint density at radius 3 is 2.48 bits per heavy atom. The zero-order chi connectivity index (χ0) is 17.4. The lowest BCUT2D eigenvalue weighted by molar-refractivity contribution is -0.143. The van der Waals surface area contributed by atoms with Crippen molar-refractivity contribution in [3.8, 4) is 0 Å². The molecule has 0 radical (unpaired) electrons. The first-order chi connectivity index (χ1) is 10.6. The summed E-state index contributed by atoms with van der Waals surface area (Å²) in [5.74, 6) is -2.06. The summed E-state index contributed by atoms with van der Waals surface area (Å²) in [4.78, 5) is 25.3. The van der Waals surface area contributed by atoms with Crippen LogP contribution in [0.2, 0.25) is 5.02 Å². The highest BCUT2D eigenvalue weighted by Crippen LogP contribution is 2.37. The van der Waals surface area contributed by atoms with Crippen LogP contribution in [0.5, 0.6) is 0 Å². The van der Waals surface area contributed by atoms with Gasteiger partial charge in [-0.1, -0.05) is 11.6 Å². The molecule has 1 atom stereocenters. The fraction of sp³-hybridized carbons (Fsp3) is 0.500. The van der Waals surface area contributed by atoms with Gasteiger partial charge in [0.25, 0.3) is 0 Å². The average Bonchev–Trinajstić information content (AvgIpc) is 3.20. The van der Waals surface area contributed by atoms with Crippen molar-refractivity contribution in [1.29, 1.82) is 0 Å². The molecule has 1 aliphatic rings. The van der Waals surface area contributed by atoms with Crippen LogP contribution in [-0.4, -0.2) is 33.7 Å². The Labute approximate surface area is 139 Å². The van der Waals surface area contributed by atoms with Crippen LogP contribution in [0.15, 0.2) is 18.2 Å². The van der Waals surface area contributed by atoms with Gasteiger partial charge in [-0.15, -0.1) is 0 Å². The minimum atomic E-state index is -1.48. The maximum Gasteiger partial charge on any atom is 0.411 e. The second-order valence-electron chi connectivity index (χ2n) is 6.53. The van der Waals surface area contributed by atoms with Crippen molar-refractivity contribution in [2.75, 3.05) is 0 Å². The number of benzene rings is 1. The summed E-state index contributed by atoms with van der Waals surface area (Å²) in [7, 11) is 0. The molecule has 0 saturated heterocycles. The van der Waals surface area contributed by atoms with E-state index in [2.05, 4.69) is 0 Å². The van der Waals surface area contributed by atoms with Crippen LogP contribution < -0.4 is 0 Å². The van der Waals surface area contributed by atoms with Crippen molar-refractivity contribution in [2.24, 2.45) is 0 Å². The number of carbonyl (C=O) groups is 2. The predicted molar refractivity (Wildman–Crippen MR) is 82.9 cm³/mol. The van der Waals surface area contributed by atoms with Crippen LogP contribution in [0.3, 0.4) is 0 Å². The van der Waals surface area contributed by atoms with E-state index >= 15 is 0 Å². The van der Waals surface area contributed by atoms with E-state index in [-0.39, 0.29) is 16.6 Å². The van der Waals surface area contributed by atoms with Gasteiger partial charge in [0.1, 0.15) is 11.4 Å². The van der Waals surface area contributed by atoms with E-state index in [1.54, 1.807) is 20.8 Å². The fourth-order valence-electron chi connectivity index (χ4n) is 2.26. The molecule has 1 fully saturated rings. The van der Waals surface area contributed by atoms with Gasteiger partial charge < -0.3 is 9.84 Å². The van der Waals surface area contributed by atoms with Gasteiger partial charge in [0.2, 0.25) is 0 Å². The first-order valence-electron chi connectivity index (χ1n) is 7.29. The monoisotopic (exact) mass is 343 g/mol. The number of carboxylic acids is 1. The zero-order valence-electron chi connectivity index (χ0n) is 13.2. The summed E-state index contributed by atoms with van der Waals surface area (Å²) < 4.78 is 19.4. The molecule has 0 bridgehead atoms. The molecule has 126 valence electrons. The largest absolute Gasteiger partial charge is 0.479 e. The number of carboxylic acid groups (broad SMARTS) is 1. The van der Waals surface area contributed by atoms with Crippen LogP contribution in [0.25, 0.3) is 0 Å². The van der Waals surface area contributed by atoms with Gasteiger partial charge >= 0.3 is 12.1 Å². The molecule has 1 aromatic carbocycles. The molecule has 7 heteroatoms. The molecule has 1 amide bonds. The second-order valence-corrected chi connectivity index (χ2v) is 6.96. The summed E-state index contributed by atoms with van der Waals surface area (Å²) >= 11 is 5.86. The Bertz CT molecular complexity index is 625. The lowest BCUT2D eigenvalue weighted by atomic mass is 10.0. The lowest BCUT2D eigenvalue weighted by Crippen LogP contribution is -2.43. The van der Waals surface area contributed by atoms with Crippen LogP contribution in [0.1, 0.15) is 45.2 Å². The molecule has 0 aromatic heterocycles. The number of hydrogen-bond acceptors (Lipinski definition) is 3. The number of ether oxygens (including phenoxy) is 1. The lowest BCUT2D eigenvalue weighted by Gasteiger charge is -2.32. The minimum Gasteiger partial charge on any atom is -0.479 e. The molecule has 5 nitrogen and oxygen atoms in total. The molecule has 0 heterocycles. The normalized spacial score (nSPS) is 15.9. The maximum absolute atomic E-state index is 14.1. The van der Waals surface area contributed by atoms with Gasteiger partial charge in [-0.2, -0.15) is 0 Å². The molecule has 0 spiro atoms. The van der Waals surface area contributed by atoms with Gasteiger partial charge in [0.15, 0.2) is 6.04 Å². The average molecular weight is 344 g/mol. The third-order valence-electron chi connectivity index (χ3n) is 3.31. The number of nitrogens with zero attached hydrogens (tertiary/aromatic N) is 1. The predicted octanol–water partition coefficient (Wildman–Crippen LogP) is 4.00. The summed E-state index contributed by atoms with van der Waals surface area (Å²) in [6, 6.07) is 1.90. The van der Waals surface area contributed by atoms with E-state index in [1.807, 2.05) is 0 Å². The van der Waals surface area contributed by atoms with Crippen molar-refractivity contribution >= 4 is 23.7 Å². The molecule has 1 saturated carbocycles. The van der Waals surface area contributed by atoms with Gasteiger partial charge in [0, 0.05) is 16.6 Å². The highest BCUT2D eigenvalue weighted by molar-refractivity contribution is 6.30. The summed E-state index contributed by atoms with van der Waals surface area (Å²) in [6.07, 6.45) is 0.544. The van der Waals surface area contributed by atoms with E-state index in [9.17, 15) is 19.1 Å². The zero-order valence-corrected chi connectivity index (χ0v) is 13.9. The van der Waals surface area contributed by atoms with Gasteiger partial charge in [0.05, 0.1) is 0 Å². The third kappa shape index (κ3) is 4.34. The van der Waals surface area contributed by atoms with Crippen molar-refractivity contribution in [3.05, 3.63) is 34.6 Å². The molecule has 1 aliphatic carbocycles. The number of halogens is 2. The number of carbonyl (C=O) groups excluding carboxylic acids is 1.